The van der Waals surface area contributed by atoms with Crippen molar-refractivity contribution in [3.8, 4) is 0 Å². The summed E-state index contributed by atoms with van der Waals surface area (Å²) in [5.74, 6) is -0.404. The third-order valence-corrected chi connectivity index (χ3v) is 6.70. The van der Waals surface area contributed by atoms with E-state index in [1.165, 1.54) is 22.7 Å². The van der Waals surface area contributed by atoms with Gasteiger partial charge in [0.2, 0.25) is 0 Å². The lowest BCUT2D eigenvalue weighted by Crippen LogP contribution is -2.06. The summed E-state index contributed by atoms with van der Waals surface area (Å²) in [7, 11) is 0. The number of thioether (sulfide) groups is 1. The molecule has 0 aliphatic carbocycles. The molecular weight excluding hydrogens is 394 g/mol. The van der Waals surface area contributed by atoms with Crippen LogP contribution in [-0.2, 0) is 9.53 Å². The third kappa shape index (κ3) is 3.62. The molecule has 8 heteroatoms. The van der Waals surface area contributed by atoms with Crippen LogP contribution in [0.4, 0.5) is 0 Å². The molecule has 0 fully saturated rings. The molecule has 0 saturated carbocycles. The Balaban J connectivity index is 2.09. The van der Waals surface area contributed by atoms with E-state index in [1.54, 1.807) is 24.6 Å². The number of rotatable bonds is 6. The van der Waals surface area contributed by atoms with Crippen LogP contribution in [0.1, 0.15) is 44.7 Å². The second-order valence-electron chi connectivity index (χ2n) is 6.26. The molecule has 0 unspecified atom stereocenters. The molecule has 0 aliphatic rings. The number of nitrogens with zero attached hydrogens (tertiary/aromatic N) is 2. The zero-order valence-corrected chi connectivity index (χ0v) is 18.0. The van der Waals surface area contributed by atoms with Gasteiger partial charge in [0, 0.05) is 26.4 Å². The van der Waals surface area contributed by atoms with Crippen LogP contribution >= 0.6 is 23.1 Å². The Bertz CT molecular complexity index is 1100. The first-order chi connectivity index (χ1) is 13.4. The van der Waals surface area contributed by atoms with Gasteiger partial charge in [-0.1, -0.05) is 11.8 Å². The molecule has 0 saturated heterocycles. The fourth-order valence-corrected chi connectivity index (χ4v) is 5.34. The molecule has 0 spiro atoms. The van der Waals surface area contributed by atoms with Crippen molar-refractivity contribution in [2.45, 2.75) is 39.6 Å². The molecule has 0 atom stereocenters. The molecule has 3 rings (SSSR count). The summed E-state index contributed by atoms with van der Waals surface area (Å²) in [6.07, 6.45) is 3.80. The Labute approximate surface area is 171 Å². The van der Waals surface area contributed by atoms with Gasteiger partial charge in [0.25, 0.3) is 0 Å². The number of nitrogens with one attached hydrogen (secondary N) is 1. The van der Waals surface area contributed by atoms with Crippen LogP contribution in [-0.4, -0.2) is 33.8 Å². The van der Waals surface area contributed by atoms with E-state index in [-0.39, 0.29) is 0 Å². The monoisotopic (exact) mass is 415 g/mol. The number of ether oxygens (including phenoxy) is 1. The lowest BCUT2D eigenvalue weighted by Gasteiger charge is -2.09. The molecule has 28 heavy (non-hydrogen) atoms. The largest absolute Gasteiger partial charge is 0.461 e. The maximum Gasteiger partial charge on any atom is 0.355 e. The number of H-pyrrole nitrogens is 1. The Morgan fingerprint density at radius 3 is 2.68 bits per heavy atom. The second-order valence-corrected chi connectivity index (χ2v) is 8.49. The number of aryl methyl sites for hydroxylation is 3. The van der Waals surface area contributed by atoms with E-state index in [0.717, 1.165) is 48.8 Å². The van der Waals surface area contributed by atoms with E-state index in [2.05, 4.69) is 28.8 Å². The Hall–Kier alpha value is -2.45. The molecule has 0 aliphatic heterocycles. The van der Waals surface area contributed by atoms with Gasteiger partial charge in [-0.15, -0.1) is 11.3 Å². The first-order valence-electron chi connectivity index (χ1n) is 8.79. The Kier molecular flexibility index (Phi) is 6.00. The number of thiophene rings is 1. The zero-order valence-electron chi connectivity index (χ0n) is 16.4. The molecule has 3 aromatic rings. The number of aromatic amines is 1. The van der Waals surface area contributed by atoms with Gasteiger partial charge in [-0.25, -0.2) is 14.8 Å². The number of allylic oxidation sites excluding steroid dienone is 1. The van der Waals surface area contributed by atoms with Crippen LogP contribution in [0, 0.1) is 27.7 Å². The highest BCUT2D eigenvalue weighted by Crippen LogP contribution is 2.42. The van der Waals surface area contributed by atoms with Gasteiger partial charge in [0.05, 0.1) is 6.61 Å². The van der Waals surface area contributed by atoms with Gasteiger partial charge in [0.1, 0.15) is 28.2 Å². The van der Waals surface area contributed by atoms with Gasteiger partial charge in [-0.2, -0.15) is 0 Å². The predicted octanol–water partition coefficient (Wildman–Crippen LogP) is 4.76. The van der Waals surface area contributed by atoms with Gasteiger partial charge in [-0.05, 0) is 51.8 Å². The number of hydrogen-bond donors (Lipinski definition) is 1. The average Bonchev–Trinajstić information content (AvgIpc) is 3.11. The normalized spacial score (nSPS) is 11.8. The maximum absolute atomic E-state index is 12.2. The fourth-order valence-electron chi connectivity index (χ4n) is 3.09. The molecule has 0 radical (unpaired) electrons. The van der Waals surface area contributed by atoms with E-state index in [1.807, 2.05) is 13.8 Å². The first kappa shape index (κ1) is 20.3. The van der Waals surface area contributed by atoms with E-state index < -0.39 is 5.97 Å². The highest BCUT2D eigenvalue weighted by Gasteiger charge is 2.22. The summed E-state index contributed by atoms with van der Waals surface area (Å²) in [6, 6.07) is 0. The van der Waals surface area contributed by atoms with Gasteiger partial charge < -0.3 is 9.72 Å². The van der Waals surface area contributed by atoms with Gasteiger partial charge >= 0.3 is 5.97 Å². The highest BCUT2D eigenvalue weighted by molar-refractivity contribution is 8.08. The van der Waals surface area contributed by atoms with Crippen molar-refractivity contribution >= 4 is 50.5 Å². The molecule has 146 valence electrons. The SMILES string of the molecule is CCOC(=O)c1[nH]c(C)c(/C(=C/C=O)Sc2ncnc3sc(C)c(C)c23)c1C. The molecule has 1 N–H and O–H groups in total. The minimum absolute atomic E-state index is 0.299. The summed E-state index contributed by atoms with van der Waals surface area (Å²) >= 11 is 3.03. The lowest BCUT2D eigenvalue weighted by molar-refractivity contribution is -0.104. The first-order valence-corrected chi connectivity index (χ1v) is 10.4. The second kappa shape index (κ2) is 8.28. The topological polar surface area (TPSA) is 84.9 Å². The number of esters is 1. The van der Waals surface area contributed by atoms with Crippen LogP contribution in [0.15, 0.2) is 17.4 Å². The molecule has 0 bridgehead atoms. The minimum atomic E-state index is -0.404. The number of carbonyl (C=O) groups excluding carboxylic acids is 2. The van der Waals surface area contributed by atoms with Crippen molar-refractivity contribution in [1.29, 1.82) is 0 Å². The molecule has 0 amide bonds. The van der Waals surface area contributed by atoms with E-state index >= 15 is 0 Å². The van der Waals surface area contributed by atoms with Crippen LogP contribution in [0.25, 0.3) is 15.1 Å². The number of aldehydes is 1. The predicted molar refractivity (Wildman–Crippen MR) is 113 cm³/mol. The van der Waals surface area contributed by atoms with Crippen molar-refractivity contribution < 1.29 is 14.3 Å². The van der Waals surface area contributed by atoms with E-state index in [4.69, 9.17) is 4.74 Å². The minimum Gasteiger partial charge on any atom is -0.461 e. The maximum atomic E-state index is 12.2. The number of aromatic nitrogens is 3. The summed E-state index contributed by atoms with van der Waals surface area (Å²) < 4.78 is 5.13. The smallest absolute Gasteiger partial charge is 0.355 e. The summed E-state index contributed by atoms with van der Waals surface area (Å²) in [6.45, 7) is 9.90. The highest BCUT2D eigenvalue weighted by atomic mass is 32.2. The van der Waals surface area contributed by atoms with E-state index in [0.29, 0.717) is 12.3 Å². The van der Waals surface area contributed by atoms with Crippen molar-refractivity contribution in [2.75, 3.05) is 6.61 Å². The number of fused-ring (bicyclic) bond motifs is 1. The van der Waals surface area contributed by atoms with Crippen LogP contribution < -0.4 is 0 Å². The molecule has 0 aromatic carbocycles. The molecule has 3 aromatic heterocycles. The molecule has 3 heterocycles. The third-order valence-electron chi connectivity index (χ3n) is 4.52. The van der Waals surface area contributed by atoms with Crippen LogP contribution in [0.5, 0.6) is 0 Å². The summed E-state index contributed by atoms with van der Waals surface area (Å²) in [4.78, 5) is 38.3. The Morgan fingerprint density at radius 2 is 2.00 bits per heavy atom. The summed E-state index contributed by atoms with van der Waals surface area (Å²) in [5, 5.41) is 1.79. The molecular formula is C20H21N3O3S2. The van der Waals surface area contributed by atoms with E-state index in [9.17, 15) is 9.59 Å². The van der Waals surface area contributed by atoms with Crippen molar-refractivity contribution in [2.24, 2.45) is 0 Å². The quantitative estimate of drug-likeness (QED) is 0.205. The Morgan fingerprint density at radius 1 is 1.25 bits per heavy atom. The lowest BCUT2D eigenvalue weighted by atomic mass is 10.1. The van der Waals surface area contributed by atoms with Crippen LogP contribution in [0.2, 0.25) is 0 Å². The van der Waals surface area contributed by atoms with Crippen molar-refractivity contribution in [3.63, 3.8) is 0 Å². The van der Waals surface area contributed by atoms with Gasteiger partial charge in [0.15, 0.2) is 0 Å². The van der Waals surface area contributed by atoms with Gasteiger partial charge in [-0.3, -0.25) is 4.79 Å². The fraction of sp³-hybridized carbons (Fsp3) is 0.300. The summed E-state index contributed by atoms with van der Waals surface area (Å²) in [5.41, 5.74) is 3.91. The van der Waals surface area contributed by atoms with Crippen molar-refractivity contribution in [3.05, 3.63) is 45.4 Å². The van der Waals surface area contributed by atoms with Crippen molar-refractivity contribution in [1.82, 2.24) is 15.0 Å². The standard InChI is InChI=1S/C20H21N3O3S2/c1-6-26-20(25)17-11(3)15(12(4)23-17)14(7-8-24)28-19-16-10(2)13(5)27-18(16)21-9-22-19/h7-9,23H,6H2,1-5H3/b14-7-. The number of carbonyl (C=O) groups is 2. The molecule has 6 nitrogen and oxygen atoms in total. The zero-order chi connectivity index (χ0) is 20.4. The average molecular weight is 416 g/mol. The van der Waals surface area contributed by atoms with Crippen LogP contribution in [0.3, 0.4) is 0 Å². The number of hydrogen-bond acceptors (Lipinski definition) is 7.